The Labute approximate surface area is 194 Å². The monoisotopic (exact) mass is 475 g/mol. The average Bonchev–Trinajstić information content (AvgIpc) is 2.83. The molecule has 1 aliphatic heterocycles. The molecule has 2 amide bonds. The second-order valence-electron chi connectivity index (χ2n) is 7.86. The van der Waals surface area contributed by atoms with Gasteiger partial charge in [0.2, 0.25) is 10.0 Å². The lowest BCUT2D eigenvalue weighted by Crippen LogP contribution is -2.42. The Morgan fingerprint density at radius 1 is 1.09 bits per heavy atom. The summed E-state index contributed by atoms with van der Waals surface area (Å²) < 4.78 is 38.2. The minimum Gasteiger partial charge on any atom is -0.495 e. The standard InChI is InChI=1S/C23H29N3O6S/c1-16-7-5-6-14-26(16)33(29,30)21-15-17(8-13-20(21)31-3)22(27)24-18-9-11-19(12-10-18)25(2)23(28)32-4/h8-13,15-16H,5-7,14H2,1-4H3,(H,24,27). The maximum Gasteiger partial charge on any atom is 0.413 e. The summed E-state index contributed by atoms with van der Waals surface area (Å²) in [5.41, 5.74) is 1.27. The number of nitrogens with one attached hydrogen (secondary N) is 1. The largest absolute Gasteiger partial charge is 0.495 e. The second kappa shape index (κ2) is 10.2. The Morgan fingerprint density at radius 3 is 2.39 bits per heavy atom. The zero-order valence-electron chi connectivity index (χ0n) is 19.2. The molecule has 0 radical (unpaired) electrons. The summed E-state index contributed by atoms with van der Waals surface area (Å²) in [5, 5.41) is 2.75. The molecule has 0 saturated carbocycles. The van der Waals surface area contributed by atoms with E-state index < -0.39 is 22.0 Å². The Morgan fingerprint density at radius 2 is 1.79 bits per heavy atom. The topological polar surface area (TPSA) is 105 Å². The van der Waals surface area contributed by atoms with E-state index in [9.17, 15) is 18.0 Å². The summed E-state index contributed by atoms with van der Waals surface area (Å²) in [7, 11) is 0.439. The zero-order valence-corrected chi connectivity index (χ0v) is 20.0. The smallest absolute Gasteiger partial charge is 0.413 e. The first-order valence-corrected chi connectivity index (χ1v) is 12.1. The molecule has 33 heavy (non-hydrogen) atoms. The van der Waals surface area contributed by atoms with Crippen molar-refractivity contribution in [3.63, 3.8) is 0 Å². The SMILES string of the molecule is COC(=O)N(C)c1ccc(NC(=O)c2ccc(OC)c(S(=O)(=O)N3CCCCC3C)c2)cc1. The van der Waals surface area contributed by atoms with Crippen molar-refractivity contribution in [1.82, 2.24) is 4.31 Å². The van der Waals surface area contributed by atoms with Gasteiger partial charge in [-0.15, -0.1) is 0 Å². The molecule has 1 saturated heterocycles. The van der Waals surface area contributed by atoms with Gasteiger partial charge in [0.1, 0.15) is 10.6 Å². The highest BCUT2D eigenvalue weighted by Crippen LogP contribution is 2.32. The Kier molecular flexibility index (Phi) is 7.60. The fourth-order valence-corrected chi connectivity index (χ4v) is 5.67. The fraction of sp³-hybridized carbons (Fsp3) is 0.391. The zero-order chi connectivity index (χ0) is 24.2. The van der Waals surface area contributed by atoms with Gasteiger partial charge in [0.25, 0.3) is 5.91 Å². The maximum atomic E-state index is 13.4. The van der Waals surface area contributed by atoms with Crippen LogP contribution in [-0.2, 0) is 14.8 Å². The number of sulfonamides is 1. The van der Waals surface area contributed by atoms with Gasteiger partial charge in [0, 0.05) is 36.6 Å². The van der Waals surface area contributed by atoms with E-state index in [0.717, 1.165) is 19.3 Å². The van der Waals surface area contributed by atoms with E-state index in [1.807, 2.05) is 6.92 Å². The van der Waals surface area contributed by atoms with Crippen LogP contribution in [0.1, 0.15) is 36.5 Å². The number of benzene rings is 2. The van der Waals surface area contributed by atoms with Crippen molar-refractivity contribution in [2.24, 2.45) is 0 Å². The van der Waals surface area contributed by atoms with Crippen LogP contribution in [0.5, 0.6) is 5.75 Å². The molecule has 1 atom stereocenters. The van der Waals surface area contributed by atoms with Crippen molar-refractivity contribution in [1.29, 1.82) is 0 Å². The van der Waals surface area contributed by atoms with E-state index in [-0.39, 0.29) is 22.3 Å². The molecule has 2 aromatic rings. The minimum atomic E-state index is -3.83. The number of hydrogen-bond donors (Lipinski definition) is 1. The minimum absolute atomic E-state index is 0.0264. The summed E-state index contributed by atoms with van der Waals surface area (Å²) in [5.74, 6) is -0.269. The summed E-state index contributed by atoms with van der Waals surface area (Å²) in [4.78, 5) is 25.8. The molecule has 1 unspecified atom stereocenters. The Balaban J connectivity index is 1.84. The molecule has 9 nitrogen and oxygen atoms in total. The van der Waals surface area contributed by atoms with Crippen molar-refractivity contribution < 1.29 is 27.5 Å². The molecule has 2 aromatic carbocycles. The first kappa shape index (κ1) is 24.5. The predicted octanol–water partition coefficient (Wildman–Crippen LogP) is 3.71. The van der Waals surface area contributed by atoms with Gasteiger partial charge in [-0.05, 0) is 62.2 Å². The van der Waals surface area contributed by atoms with Crippen molar-refractivity contribution in [2.75, 3.05) is 38.0 Å². The lowest BCUT2D eigenvalue weighted by atomic mass is 10.1. The van der Waals surface area contributed by atoms with Crippen LogP contribution in [0.4, 0.5) is 16.2 Å². The number of carbonyl (C=O) groups is 2. The molecule has 1 heterocycles. The van der Waals surface area contributed by atoms with E-state index >= 15 is 0 Å². The van der Waals surface area contributed by atoms with Crippen LogP contribution in [0.3, 0.4) is 0 Å². The fourth-order valence-electron chi connectivity index (χ4n) is 3.79. The van der Waals surface area contributed by atoms with Gasteiger partial charge in [-0.3, -0.25) is 9.69 Å². The van der Waals surface area contributed by atoms with Crippen LogP contribution in [0, 0.1) is 0 Å². The highest BCUT2D eigenvalue weighted by molar-refractivity contribution is 7.89. The average molecular weight is 476 g/mol. The first-order valence-electron chi connectivity index (χ1n) is 10.6. The number of ether oxygens (including phenoxy) is 2. The van der Waals surface area contributed by atoms with Crippen LogP contribution >= 0.6 is 0 Å². The van der Waals surface area contributed by atoms with Gasteiger partial charge in [-0.25, -0.2) is 13.2 Å². The van der Waals surface area contributed by atoms with E-state index in [1.54, 1.807) is 31.3 Å². The van der Waals surface area contributed by atoms with Gasteiger partial charge in [-0.1, -0.05) is 6.42 Å². The third kappa shape index (κ3) is 5.28. The summed E-state index contributed by atoms with van der Waals surface area (Å²) in [6, 6.07) is 10.9. The van der Waals surface area contributed by atoms with Gasteiger partial charge in [-0.2, -0.15) is 4.31 Å². The Hall–Kier alpha value is -3.11. The summed E-state index contributed by atoms with van der Waals surface area (Å²) in [6.07, 6.45) is 2.07. The third-order valence-corrected chi connectivity index (χ3v) is 7.75. The van der Waals surface area contributed by atoms with E-state index in [1.165, 1.54) is 41.6 Å². The number of hydrogen-bond acceptors (Lipinski definition) is 6. The molecule has 1 N–H and O–H groups in total. The van der Waals surface area contributed by atoms with E-state index in [4.69, 9.17) is 4.74 Å². The molecule has 0 aliphatic carbocycles. The maximum absolute atomic E-state index is 13.4. The quantitative estimate of drug-likeness (QED) is 0.683. The predicted molar refractivity (Wildman–Crippen MR) is 125 cm³/mol. The van der Waals surface area contributed by atoms with E-state index in [2.05, 4.69) is 10.1 Å². The van der Waals surface area contributed by atoms with Crippen LogP contribution in [0.2, 0.25) is 0 Å². The van der Waals surface area contributed by atoms with Crippen molar-refractivity contribution >= 4 is 33.4 Å². The van der Waals surface area contributed by atoms with Crippen LogP contribution < -0.4 is 15.0 Å². The van der Waals surface area contributed by atoms with Crippen molar-refractivity contribution in [2.45, 2.75) is 37.1 Å². The lowest BCUT2D eigenvalue weighted by Gasteiger charge is -2.32. The number of nitrogens with zero attached hydrogens (tertiary/aromatic N) is 2. The molecular formula is C23H29N3O6S. The number of methoxy groups -OCH3 is 2. The highest BCUT2D eigenvalue weighted by Gasteiger charge is 2.33. The molecule has 1 fully saturated rings. The number of rotatable bonds is 6. The number of piperidine rings is 1. The van der Waals surface area contributed by atoms with Gasteiger partial charge < -0.3 is 14.8 Å². The molecular weight excluding hydrogens is 446 g/mol. The highest BCUT2D eigenvalue weighted by atomic mass is 32.2. The van der Waals surface area contributed by atoms with E-state index in [0.29, 0.717) is 17.9 Å². The normalized spacial score (nSPS) is 16.7. The molecule has 178 valence electrons. The number of anilines is 2. The second-order valence-corrected chi connectivity index (χ2v) is 9.72. The van der Waals surface area contributed by atoms with Crippen LogP contribution in [0.15, 0.2) is 47.4 Å². The molecule has 1 aliphatic rings. The van der Waals surface area contributed by atoms with Gasteiger partial charge in [0.15, 0.2) is 0 Å². The summed E-state index contributed by atoms with van der Waals surface area (Å²) in [6.45, 7) is 2.33. The molecule has 3 rings (SSSR count). The van der Waals surface area contributed by atoms with Gasteiger partial charge >= 0.3 is 6.09 Å². The van der Waals surface area contributed by atoms with Crippen molar-refractivity contribution in [3.8, 4) is 5.75 Å². The number of carbonyl (C=O) groups excluding carboxylic acids is 2. The molecule has 0 bridgehead atoms. The first-order chi connectivity index (χ1) is 15.7. The molecule has 0 spiro atoms. The van der Waals surface area contributed by atoms with Crippen LogP contribution in [-0.4, -0.2) is 58.6 Å². The lowest BCUT2D eigenvalue weighted by molar-refractivity contribution is 0.102. The third-order valence-electron chi connectivity index (χ3n) is 5.72. The number of amides is 2. The Bertz CT molecular complexity index is 1120. The summed E-state index contributed by atoms with van der Waals surface area (Å²) >= 11 is 0. The van der Waals surface area contributed by atoms with Gasteiger partial charge in [0.05, 0.1) is 14.2 Å². The van der Waals surface area contributed by atoms with Crippen LogP contribution in [0.25, 0.3) is 0 Å². The molecule has 10 heteroatoms. The van der Waals surface area contributed by atoms with Crippen molar-refractivity contribution in [3.05, 3.63) is 48.0 Å². The molecule has 0 aromatic heterocycles.